The maximum atomic E-state index is 12.0. The lowest BCUT2D eigenvalue weighted by molar-refractivity contribution is -0.254. The quantitative estimate of drug-likeness (QED) is 0.843. The Bertz CT molecular complexity index is 787. The van der Waals surface area contributed by atoms with Crippen molar-refractivity contribution in [2.24, 2.45) is 0 Å². The molecule has 2 aromatic rings. The van der Waals surface area contributed by atoms with E-state index in [9.17, 15) is 14.7 Å². The van der Waals surface area contributed by atoms with Crippen LogP contribution < -0.4 is 19.9 Å². The number of carbonyl (C=O) groups is 2. The number of aromatic nitrogens is 1. The number of amides is 1. The highest BCUT2D eigenvalue weighted by molar-refractivity contribution is 7.13. The van der Waals surface area contributed by atoms with Crippen molar-refractivity contribution in [2.45, 2.75) is 19.9 Å². The van der Waals surface area contributed by atoms with Gasteiger partial charge >= 0.3 is 0 Å². The summed E-state index contributed by atoms with van der Waals surface area (Å²) in [6.07, 6.45) is 0.0311. The minimum atomic E-state index is -1.27. The first-order chi connectivity index (χ1) is 11.5. The zero-order valence-electron chi connectivity index (χ0n) is 13.0. The van der Waals surface area contributed by atoms with E-state index in [4.69, 9.17) is 9.47 Å². The lowest BCUT2D eigenvalue weighted by atomic mass is 10.2. The van der Waals surface area contributed by atoms with Crippen LogP contribution in [0, 0.1) is 6.92 Å². The molecule has 0 bridgehead atoms. The molecule has 8 heteroatoms. The van der Waals surface area contributed by atoms with Crippen molar-refractivity contribution >= 4 is 23.2 Å². The van der Waals surface area contributed by atoms with Gasteiger partial charge in [-0.3, -0.25) is 4.79 Å². The van der Waals surface area contributed by atoms with Gasteiger partial charge in [0.2, 0.25) is 5.91 Å². The molecule has 1 aromatic heterocycles. The first kappa shape index (κ1) is 16.3. The number of ether oxygens (including phenoxy) is 2. The third-order valence-electron chi connectivity index (χ3n) is 3.43. The van der Waals surface area contributed by atoms with Crippen molar-refractivity contribution in [1.82, 2.24) is 10.3 Å². The number of aryl methyl sites for hydroxylation is 1. The number of nitrogens with zero attached hydrogens (tertiary/aromatic N) is 1. The van der Waals surface area contributed by atoms with Gasteiger partial charge < -0.3 is 24.7 Å². The topological polar surface area (TPSA) is 101 Å². The van der Waals surface area contributed by atoms with Gasteiger partial charge in [0.1, 0.15) is 18.2 Å². The van der Waals surface area contributed by atoms with E-state index in [2.05, 4.69) is 10.3 Å². The van der Waals surface area contributed by atoms with Gasteiger partial charge in [0.05, 0.1) is 23.0 Å². The molecule has 1 aliphatic heterocycles. The number of benzene rings is 1. The first-order valence-electron chi connectivity index (χ1n) is 7.36. The fourth-order valence-corrected chi connectivity index (χ4v) is 3.21. The second kappa shape index (κ2) is 6.88. The average molecular weight is 347 g/mol. The van der Waals surface area contributed by atoms with Crippen LogP contribution in [-0.2, 0) is 17.8 Å². The van der Waals surface area contributed by atoms with E-state index in [0.717, 1.165) is 16.9 Å². The van der Waals surface area contributed by atoms with Gasteiger partial charge in [-0.15, -0.1) is 11.3 Å². The van der Waals surface area contributed by atoms with Crippen molar-refractivity contribution in [2.75, 3.05) is 13.2 Å². The molecule has 0 saturated heterocycles. The highest BCUT2D eigenvalue weighted by Crippen LogP contribution is 2.30. The van der Waals surface area contributed by atoms with Crippen LogP contribution in [-0.4, -0.2) is 30.1 Å². The number of hydrogen-bond donors (Lipinski definition) is 1. The van der Waals surface area contributed by atoms with Gasteiger partial charge in [0, 0.05) is 6.54 Å². The van der Waals surface area contributed by atoms with Crippen molar-refractivity contribution in [3.8, 4) is 11.5 Å². The molecule has 0 fully saturated rings. The SMILES string of the molecule is Cc1nc(CC(=O)NCc2ccc3c(c2)OCCO3)sc1C(=O)[O-]. The molecule has 0 radical (unpaired) electrons. The number of fused-ring (bicyclic) bond motifs is 1. The maximum absolute atomic E-state index is 12.0. The highest BCUT2D eigenvalue weighted by atomic mass is 32.1. The summed E-state index contributed by atoms with van der Waals surface area (Å²) < 4.78 is 10.9. The predicted molar refractivity (Wildman–Crippen MR) is 84.2 cm³/mol. The summed E-state index contributed by atoms with van der Waals surface area (Å²) >= 11 is 0.966. The van der Waals surface area contributed by atoms with Crippen LogP contribution in [0.25, 0.3) is 0 Å². The zero-order chi connectivity index (χ0) is 17.1. The summed E-state index contributed by atoms with van der Waals surface area (Å²) in [5.74, 6) is -0.136. The highest BCUT2D eigenvalue weighted by Gasteiger charge is 2.14. The Hall–Kier alpha value is -2.61. The number of carboxylic acid groups (broad SMARTS) is 1. The number of carboxylic acids is 1. The molecule has 1 amide bonds. The molecule has 0 saturated carbocycles. The van der Waals surface area contributed by atoms with E-state index >= 15 is 0 Å². The number of carbonyl (C=O) groups excluding carboxylic acids is 2. The summed E-state index contributed by atoms with van der Waals surface area (Å²) in [4.78, 5) is 27.0. The van der Waals surface area contributed by atoms with E-state index < -0.39 is 5.97 Å². The van der Waals surface area contributed by atoms with Crippen molar-refractivity contribution in [3.05, 3.63) is 39.3 Å². The van der Waals surface area contributed by atoms with Crippen LogP contribution in [0.15, 0.2) is 18.2 Å². The van der Waals surface area contributed by atoms with Crippen LogP contribution in [0.4, 0.5) is 0 Å². The molecular weight excluding hydrogens is 332 g/mol. The van der Waals surface area contributed by atoms with Crippen LogP contribution in [0.2, 0.25) is 0 Å². The van der Waals surface area contributed by atoms with Gasteiger partial charge in [-0.25, -0.2) is 4.98 Å². The normalized spacial score (nSPS) is 12.7. The molecule has 126 valence electrons. The number of aromatic carboxylic acids is 1. The Balaban J connectivity index is 1.57. The molecular formula is C16H15N2O5S-. The third-order valence-corrected chi connectivity index (χ3v) is 4.57. The molecule has 1 aromatic carbocycles. The number of rotatable bonds is 5. The molecule has 0 spiro atoms. The van der Waals surface area contributed by atoms with E-state index in [0.29, 0.717) is 42.0 Å². The summed E-state index contributed by atoms with van der Waals surface area (Å²) in [6.45, 7) is 2.96. The standard InChI is InChI=1S/C16H16N2O5S/c1-9-15(16(20)21)24-14(18-9)7-13(19)17-8-10-2-3-11-12(6-10)23-5-4-22-11/h2-3,6H,4-5,7-8H2,1H3,(H,17,19)(H,20,21)/p-1. The summed E-state index contributed by atoms with van der Waals surface area (Å²) in [5.41, 5.74) is 1.26. The zero-order valence-corrected chi connectivity index (χ0v) is 13.8. The monoisotopic (exact) mass is 347 g/mol. The summed E-state index contributed by atoms with van der Waals surface area (Å²) in [6, 6.07) is 5.50. The Morgan fingerprint density at radius 3 is 2.75 bits per heavy atom. The minimum absolute atomic E-state index is 0.0311. The van der Waals surface area contributed by atoms with Crippen LogP contribution >= 0.6 is 11.3 Å². The Kier molecular flexibility index (Phi) is 4.66. The second-order valence-electron chi connectivity index (χ2n) is 5.24. The Labute approximate surface area is 142 Å². The third kappa shape index (κ3) is 3.65. The fraction of sp³-hybridized carbons (Fsp3) is 0.312. The maximum Gasteiger partial charge on any atom is 0.227 e. The summed E-state index contributed by atoms with van der Waals surface area (Å²) in [5, 5.41) is 14.1. The molecule has 24 heavy (non-hydrogen) atoms. The number of nitrogens with one attached hydrogen (secondary N) is 1. The number of thiazole rings is 1. The molecule has 3 rings (SSSR count). The number of hydrogen-bond acceptors (Lipinski definition) is 7. The van der Waals surface area contributed by atoms with Gasteiger partial charge in [-0.05, 0) is 24.6 Å². The van der Waals surface area contributed by atoms with E-state index in [1.165, 1.54) is 0 Å². The summed E-state index contributed by atoms with van der Waals surface area (Å²) in [7, 11) is 0. The molecule has 0 atom stereocenters. The van der Waals surface area contributed by atoms with Crippen molar-refractivity contribution in [1.29, 1.82) is 0 Å². The van der Waals surface area contributed by atoms with Crippen LogP contribution in [0.5, 0.6) is 11.5 Å². The second-order valence-corrected chi connectivity index (χ2v) is 6.32. The van der Waals surface area contributed by atoms with Gasteiger partial charge in [-0.2, -0.15) is 0 Å². The minimum Gasteiger partial charge on any atom is -0.544 e. The predicted octanol–water partition coefficient (Wildman–Crippen LogP) is 0.445. The van der Waals surface area contributed by atoms with Gasteiger partial charge in [0.15, 0.2) is 11.5 Å². The Morgan fingerprint density at radius 2 is 2.04 bits per heavy atom. The van der Waals surface area contributed by atoms with Crippen molar-refractivity contribution in [3.63, 3.8) is 0 Å². The lowest BCUT2D eigenvalue weighted by Gasteiger charge is -2.18. The van der Waals surface area contributed by atoms with Crippen molar-refractivity contribution < 1.29 is 24.2 Å². The van der Waals surface area contributed by atoms with Crippen LogP contribution in [0.3, 0.4) is 0 Å². The average Bonchev–Trinajstić information content (AvgIpc) is 2.93. The fourth-order valence-electron chi connectivity index (χ4n) is 2.32. The lowest BCUT2D eigenvalue weighted by Crippen LogP contribution is -2.24. The molecule has 2 heterocycles. The Morgan fingerprint density at radius 1 is 1.29 bits per heavy atom. The first-order valence-corrected chi connectivity index (χ1v) is 8.17. The molecule has 1 aliphatic rings. The molecule has 0 unspecified atom stereocenters. The molecule has 7 nitrogen and oxygen atoms in total. The van der Waals surface area contributed by atoms with Crippen LogP contribution in [0.1, 0.15) is 25.9 Å². The largest absolute Gasteiger partial charge is 0.544 e. The van der Waals surface area contributed by atoms with E-state index in [1.807, 2.05) is 18.2 Å². The van der Waals surface area contributed by atoms with Gasteiger partial charge in [0.25, 0.3) is 0 Å². The smallest absolute Gasteiger partial charge is 0.227 e. The van der Waals surface area contributed by atoms with E-state index in [-0.39, 0.29) is 17.2 Å². The molecule has 0 aliphatic carbocycles. The van der Waals surface area contributed by atoms with E-state index in [1.54, 1.807) is 6.92 Å². The van der Waals surface area contributed by atoms with Gasteiger partial charge in [-0.1, -0.05) is 6.07 Å². The molecule has 1 N–H and O–H groups in total.